The van der Waals surface area contributed by atoms with Crippen molar-refractivity contribution in [2.24, 2.45) is 0 Å². The minimum absolute atomic E-state index is 0.145. The van der Waals surface area contributed by atoms with Gasteiger partial charge in [0.25, 0.3) is 0 Å². The Morgan fingerprint density at radius 2 is 1.56 bits per heavy atom. The molecule has 3 aromatic rings. The van der Waals surface area contributed by atoms with Crippen LogP contribution >= 0.6 is 11.6 Å². The van der Waals surface area contributed by atoms with Crippen LogP contribution < -0.4 is 5.32 Å². The Morgan fingerprint density at radius 1 is 0.926 bits per heavy atom. The highest BCUT2D eigenvalue weighted by Crippen LogP contribution is 2.26. The molecule has 3 aromatic carbocycles. The van der Waals surface area contributed by atoms with Gasteiger partial charge in [0.1, 0.15) is 0 Å². The summed E-state index contributed by atoms with van der Waals surface area (Å²) in [5.41, 5.74) is 2.34. The molecule has 3 nitrogen and oxygen atoms in total. The molecule has 0 heterocycles. The van der Waals surface area contributed by atoms with Crippen LogP contribution in [0.5, 0.6) is 0 Å². The Hall–Kier alpha value is -2.91. The van der Waals surface area contributed by atoms with E-state index >= 15 is 0 Å². The molecule has 1 atom stereocenters. The second kappa shape index (κ2) is 8.65. The largest absolute Gasteiger partial charge is 0.325 e. The van der Waals surface area contributed by atoms with E-state index in [-0.39, 0.29) is 17.6 Å². The van der Waals surface area contributed by atoms with Crippen molar-refractivity contribution in [2.75, 3.05) is 5.32 Å². The van der Waals surface area contributed by atoms with Gasteiger partial charge in [-0.05, 0) is 30.2 Å². The van der Waals surface area contributed by atoms with Crippen molar-refractivity contribution in [3.63, 3.8) is 0 Å². The monoisotopic (exact) mass is 377 g/mol. The first-order valence-corrected chi connectivity index (χ1v) is 9.23. The molecular weight excluding hydrogens is 358 g/mol. The molecular formula is C23H20ClNO2. The zero-order valence-corrected chi connectivity index (χ0v) is 15.7. The fraction of sp³-hybridized carbons (Fsp3) is 0.130. The molecule has 0 saturated heterocycles. The van der Waals surface area contributed by atoms with Gasteiger partial charge in [-0.2, -0.15) is 0 Å². The molecule has 4 heteroatoms. The number of ketones is 1. The average molecular weight is 378 g/mol. The molecule has 136 valence electrons. The van der Waals surface area contributed by atoms with Gasteiger partial charge < -0.3 is 5.32 Å². The van der Waals surface area contributed by atoms with Crippen molar-refractivity contribution in [1.29, 1.82) is 0 Å². The Labute approximate surface area is 164 Å². The van der Waals surface area contributed by atoms with Gasteiger partial charge >= 0.3 is 0 Å². The third-order valence-corrected chi connectivity index (χ3v) is 4.68. The van der Waals surface area contributed by atoms with E-state index in [1.54, 1.807) is 42.5 Å². The zero-order valence-electron chi connectivity index (χ0n) is 15.0. The fourth-order valence-corrected chi connectivity index (χ4v) is 3.21. The van der Waals surface area contributed by atoms with E-state index in [1.165, 1.54) is 0 Å². The van der Waals surface area contributed by atoms with E-state index in [4.69, 9.17) is 11.6 Å². The molecule has 0 aromatic heterocycles. The Kier molecular flexibility index (Phi) is 6.05. The molecule has 0 bridgehead atoms. The molecule has 3 rings (SSSR count). The number of carbonyl (C=O) groups excluding carboxylic acids is 2. The summed E-state index contributed by atoms with van der Waals surface area (Å²) in [6.45, 7) is 1.97. The van der Waals surface area contributed by atoms with E-state index in [9.17, 15) is 9.59 Å². The van der Waals surface area contributed by atoms with Gasteiger partial charge in [0.05, 0.1) is 11.6 Å². The molecule has 0 aliphatic carbocycles. The Morgan fingerprint density at radius 3 is 2.19 bits per heavy atom. The molecule has 0 saturated carbocycles. The van der Waals surface area contributed by atoms with Crippen molar-refractivity contribution in [1.82, 2.24) is 0 Å². The van der Waals surface area contributed by atoms with Crippen LogP contribution in [0.15, 0.2) is 78.9 Å². The molecule has 0 spiro atoms. The summed E-state index contributed by atoms with van der Waals surface area (Å²) < 4.78 is 0. The number of nitrogens with one attached hydrogen (secondary N) is 1. The van der Waals surface area contributed by atoms with E-state index in [0.717, 1.165) is 5.56 Å². The Balaban J connectivity index is 1.91. The predicted molar refractivity (Wildman–Crippen MR) is 109 cm³/mol. The van der Waals surface area contributed by atoms with E-state index in [2.05, 4.69) is 5.32 Å². The first-order chi connectivity index (χ1) is 13.1. The van der Waals surface area contributed by atoms with Gasteiger partial charge in [0.2, 0.25) is 5.91 Å². The maximum atomic E-state index is 12.9. The minimum Gasteiger partial charge on any atom is -0.325 e. The van der Waals surface area contributed by atoms with E-state index in [0.29, 0.717) is 28.3 Å². The molecule has 1 N–H and O–H groups in total. The van der Waals surface area contributed by atoms with Gasteiger partial charge in [-0.25, -0.2) is 0 Å². The topological polar surface area (TPSA) is 46.2 Å². The number of hydrogen-bond donors (Lipinski definition) is 1. The second-order valence-electron chi connectivity index (χ2n) is 6.25. The number of benzene rings is 3. The van der Waals surface area contributed by atoms with Crippen LogP contribution in [-0.4, -0.2) is 11.7 Å². The molecule has 0 aliphatic rings. The average Bonchev–Trinajstić information content (AvgIpc) is 2.71. The quantitative estimate of drug-likeness (QED) is 0.560. The summed E-state index contributed by atoms with van der Waals surface area (Å²) >= 11 is 6.11. The smallest absolute Gasteiger partial charge is 0.231 e. The Bertz CT molecular complexity index is 939. The van der Waals surface area contributed by atoms with Crippen LogP contribution in [0.1, 0.15) is 40.7 Å². The highest BCUT2D eigenvalue weighted by Gasteiger charge is 2.21. The lowest BCUT2D eigenvalue weighted by Gasteiger charge is -2.17. The molecule has 0 radical (unpaired) electrons. The lowest BCUT2D eigenvalue weighted by Crippen LogP contribution is -2.22. The summed E-state index contributed by atoms with van der Waals surface area (Å²) in [5.74, 6) is -0.615. The summed E-state index contributed by atoms with van der Waals surface area (Å²) in [6.07, 6.45) is 0.658. The molecule has 0 unspecified atom stereocenters. The van der Waals surface area contributed by atoms with Crippen LogP contribution in [0.4, 0.5) is 5.69 Å². The van der Waals surface area contributed by atoms with Crippen molar-refractivity contribution >= 4 is 29.0 Å². The van der Waals surface area contributed by atoms with Gasteiger partial charge in [-0.1, -0.05) is 79.2 Å². The van der Waals surface area contributed by atoms with Crippen LogP contribution in [0.25, 0.3) is 0 Å². The van der Waals surface area contributed by atoms with Crippen LogP contribution in [-0.2, 0) is 4.79 Å². The standard InChI is InChI=1S/C23H20ClNO2/c1-2-19(16-9-5-3-6-10-16)23(27)25-21-14-13-18(24)15-20(21)22(26)17-11-7-4-8-12-17/h3-15,19H,2H2,1H3,(H,25,27)/t19-/m0/s1. The van der Waals surface area contributed by atoms with Gasteiger partial charge in [0.15, 0.2) is 5.78 Å². The highest BCUT2D eigenvalue weighted by atomic mass is 35.5. The third kappa shape index (κ3) is 4.44. The van der Waals surface area contributed by atoms with Gasteiger partial charge in [0, 0.05) is 16.1 Å². The maximum Gasteiger partial charge on any atom is 0.231 e. The van der Waals surface area contributed by atoms with E-state index < -0.39 is 0 Å². The molecule has 1 amide bonds. The maximum absolute atomic E-state index is 12.9. The summed E-state index contributed by atoms with van der Waals surface area (Å²) in [6, 6.07) is 23.5. The first kappa shape index (κ1) is 18.9. The third-order valence-electron chi connectivity index (χ3n) is 4.45. The summed E-state index contributed by atoms with van der Waals surface area (Å²) in [4.78, 5) is 25.8. The van der Waals surface area contributed by atoms with Crippen LogP contribution in [0.2, 0.25) is 5.02 Å². The highest BCUT2D eigenvalue weighted by molar-refractivity contribution is 6.31. The molecule has 27 heavy (non-hydrogen) atoms. The lowest BCUT2D eigenvalue weighted by molar-refractivity contribution is -0.117. The second-order valence-corrected chi connectivity index (χ2v) is 6.68. The van der Waals surface area contributed by atoms with Gasteiger partial charge in [-0.3, -0.25) is 9.59 Å². The van der Waals surface area contributed by atoms with Crippen molar-refractivity contribution < 1.29 is 9.59 Å². The number of anilines is 1. The minimum atomic E-state index is -0.290. The zero-order chi connectivity index (χ0) is 19.2. The normalized spacial score (nSPS) is 11.6. The summed E-state index contributed by atoms with van der Waals surface area (Å²) in [7, 11) is 0. The number of carbonyl (C=O) groups is 2. The molecule has 0 aliphatic heterocycles. The first-order valence-electron chi connectivity index (χ1n) is 8.85. The van der Waals surface area contributed by atoms with Gasteiger partial charge in [-0.15, -0.1) is 0 Å². The van der Waals surface area contributed by atoms with Crippen molar-refractivity contribution in [3.05, 3.63) is 101 Å². The number of amides is 1. The van der Waals surface area contributed by atoms with E-state index in [1.807, 2.05) is 43.3 Å². The van der Waals surface area contributed by atoms with Crippen molar-refractivity contribution in [2.45, 2.75) is 19.3 Å². The number of halogens is 1. The van der Waals surface area contributed by atoms with Crippen LogP contribution in [0, 0.1) is 0 Å². The number of hydrogen-bond acceptors (Lipinski definition) is 2. The SMILES string of the molecule is CC[C@H](C(=O)Nc1ccc(Cl)cc1C(=O)c1ccccc1)c1ccccc1. The predicted octanol–water partition coefficient (Wildman–Crippen LogP) is 5.70. The van der Waals surface area contributed by atoms with Crippen molar-refractivity contribution in [3.8, 4) is 0 Å². The number of rotatable bonds is 6. The molecule has 0 fully saturated rings. The summed E-state index contributed by atoms with van der Waals surface area (Å²) in [5, 5.41) is 3.37. The van der Waals surface area contributed by atoms with Crippen LogP contribution in [0.3, 0.4) is 0 Å². The lowest BCUT2D eigenvalue weighted by atomic mass is 9.95. The fourth-order valence-electron chi connectivity index (χ4n) is 3.04.